The van der Waals surface area contributed by atoms with Crippen molar-refractivity contribution in [2.45, 2.75) is 19.3 Å². The van der Waals surface area contributed by atoms with Gasteiger partial charge in [-0.3, -0.25) is 4.79 Å². The first-order chi connectivity index (χ1) is 8.68. The molecule has 18 heavy (non-hydrogen) atoms. The van der Waals surface area contributed by atoms with Gasteiger partial charge in [0.1, 0.15) is 17.3 Å². The summed E-state index contributed by atoms with van der Waals surface area (Å²) in [4.78, 5) is 14.0. The molecule has 1 heterocycles. The zero-order valence-electron chi connectivity index (χ0n) is 10.1. The number of para-hydroxylation sites is 2. The van der Waals surface area contributed by atoms with E-state index in [-0.39, 0.29) is 12.5 Å². The van der Waals surface area contributed by atoms with E-state index in [2.05, 4.69) is 0 Å². The van der Waals surface area contributed by atoms with E-state index in [0.29, 0.717) is 17.2 Å². The Labute approximate surface area is 112 Å². The van der Waals surface area contributed by atoms with Crippen LogP contribution in [0.5, 0.6) is 5.75 Å². The first-order valence-corrected chi connectivity index (χ1v) is 6.40. The molecule has 1 aliphatic heterocycles. The van der Waals surface area contributed by atoms with E-state index in [0.717, 1.165) is 25.1 Å². The average molecular weight is 264 g/mol. The zero-order chi connectivity index (χ0) is 13.0. The normalized spacial score (nSPS) is 15.6. The number of hydrogen-bond donors (Lipinski definition) is 1. The molecule has 0 bridgehead atoms. The van der Waals surface area contributed by atoms with E-state index >= 15 is 0 Å². The van der Waals surface area contributed by atoms with Gasteiger partial charge in [-0.25, -0.2) is 0 Å². The molecule has 1 saturated heterocycles. The van der Waals surface area contributed by atoms with Gasteiger partial charge in [0.2, 0.25) is 5.91 Å². The van der Waals surface area contributed by atoms with Crippen molar-refractivity contribution in [3.8, 4) is 5.75 Å². The van der Waals surface area contributed by atoms with Crippen LogP contribution in [-0.2, 0) is 4.79 Å². The summed E-state index contributed by atoms with van der Waals surface area (Å²) in [6.45, 7) is 0.931. The van der Waals surface area contributed by atoms with Gasteiger partial charge in [-0.15, -0.1) is 0 Å². The zero-order valence-corrected chi connectivity index (χ0v) is 10.9. The van der Waals surface area contributed by atoms with E-state index < -0.39 is 0 Å². The Balaban J connectivity index is 2.20. The maximum Gasteiger partial charge on any atom is 0.227 e. The maximum atomic E-state index is 11.9. The van der Waals surface area contributed by atoms with Crippen molar-refractivity contribution < 1.29 is 9.53 Å². The van der Waals surface area contributed by atoms with E-state index in [9.17, 15) is 4.79 Å². The van der Waals surface area contributed by atoms with Crippen molar-refractivity contribution in [1.82, 2.24) is 0 Å². The third-order valence-corrected chi connectivity index (χ3v) is 2.97. The molecular formula is C13H16N2O2S. The molecule has 2 rings (SSSR count). The lowest BCUT2D eigenvalue weighted by Crippen LogP contribution is -2.35. The maximum absolute atomic E-state index is 11.9. The fourth-order valence-electron chi connectivity index (χ4n) is 2.01. The molecule has 96 valence electrons. The van der Waals surface area contributed by atoms with Crippen molar-refractivity contribution in [3.63, 3.8) is 0 Å². The van der Waals surface area contributed by atoms with Crippen LogP contribution in [0.4, 0.5) is 5.69 Å². The molecule has 0 spiro atoms. The lowest BCUT2D eigenvalue weighted by Gasteiger charge is -2.28. The van der Waals surface area contributed by atoms with Crippen LogP contribution in [0.1, 0.15) is 19.3 Å². The topological polar surface area (TPSA) is 55.6 Å². The summed E-state index contributed by atoms with van der Waals surface area (Å²) in [6, 6.07) is 7.48. The van der Waals surface area contributed by atoms with Crippen LogP contribution in [-0.4, -0.2) is 24.0 Å². The minimum absolute atomic E-state index is 0.146. The highest BCUT2D eigenvalue weighted by Crippen LogP contribution is 2.30. The van der Waals surface area contributed by atoms with Crippen LogP contribution in [0.15, 0.2) is 24.3 Å². The number of carbonyl (C=O) groups is 1. The molecule has 0 saturated carbocycles. The van der Waals surface area contributed by atoms with Gasteiger partial charge in [-0.1, -0.05) is 24.4 Å². The largest absolute Gasteiger partial charge is 0.484 e. The summed E-state index contributed by atoms with van der Waals surface area (Å²) >= 11 is 4.79. The van der Waals surface area contributed by atoms with E-state index in [1.807, 2.05) is 24.3 Å². The second-order valence-electron chi connectivity index (χ2n) is 4.23. The molecule has 0 radical (unpaired) electrons. The molecule has 1 aromatic carbocycles. The van der Waals surface area contributed by atoms with Crippen molar-refractivity contribution in [2.24, 2.45) is 5.73 Å². The Kier molecular flexibility index (Phi) is 4.15. The highest BCUT2D eigenvalue weighted by molar-refractivity contribution is 7.80. The molecule has 0 unspecified atom stereocenters. The number of benzene rings is 1. The second kappa shape index (κ2) is 5.82. The Morgan fingerprint density at radius 2 is 2.17 bits per heavy atom. The molecule has 1 aliphatic rings. The lowest BCUT2D eigenvalue weighted by atomic mass is 10.1. The smallest absolute Gasteiger partial charge is 0.227 e. The van der Waals surface area contributed by atoms with Crippen molar-refractivity contribution in [2.75, 3.05) is 18.1 Å². The van der Waals surface area contributed by atoms with Crippen LogP contribution in [0.25, 0.3) is 0 Å². The van der Waals surface area contributed by atoms with Crippen LogP contribution in [0, 0.1) is 0 Å². The minimum atomic E-state index is 0.146. The van der Waals surface area contributed by atoms with E-state index in [1.54, 1.807) is 4.90 Å². The number of ether oxygens (including phenoxy) is 1. The number of anilines is 1. The first kappa shape index (κ1) is 12.8. The summed E-state index contributed by atoms with van der Waals surface area (Å²) in [7, 11) is 0. The molecule has 4 nitrogen and oxygen atoms in total. The molecule has 5 heteroatoms. The number of amides is 1. The van der Waals surface area contributed by atoms with E-state index in [1.165, 1.54) is 0 Å². The van der Waals surface area contributed by atoms with Gasteiger partial charge >= 0.3 is 0 Å². The predicted molar refractivity (Wildman–Crippen MR) is 74.9 cm³/mol. The molecule has 0 aliphatic carbocycles. The third kappa shape index (κ3) is 2.98. The summed E-state index contributed by atoms with van der Waals surface area (Å²) in [6.07, 6.45) is 2.59. The standard InChI is InChI=1S/C13H16N2O2S/c14-12(18)9-17-11-6-2-1-5-10(11)15-8-4-3-7-13(15)16/h1-2,5-6H,3-4,7-9H2,(H2,14,18). The summed E-state index contributed by atoms with van der Waals surface area (Å²) in [5.41, 5.74) is 6.23. The number of nitrogens with two attached hydrogens (primary N) is 1. The van der Waals surface area contributed by atoms with Gasteiger partial charge in [-0.05, 0) is 25.0 Å². The lowest BCUT2D eigenvalue weighted by molar-refractivity contribution is -0.119. The van der Waals surface area contributed by atoms with Crippen molar-refractivity contribution in [1.29, 1.82) is 0 Å². The molecule has 1 amide bonds. The summed E-state index contributed by atoms with van der Waals surface area (Å²) < 4.78 is 5.54. The van der Waals surface area contributed by atoms with Gasteiger partial charge in [0, 0.05) is 13.0 Å². The highest BCUT2D eigenvalue weighted by Gasteiger charge is 2.22. The number of rotatable bonds is 4. The van der Waals surface area contributed by atoms with Crippen LogP contribution in [0.2, 0.25) is 0 Å². The van der Waals surface area contributed by atoms with Crippen molar-refractivity contribution >= 4 is 28.8 Å². The molecule has 1 aromatic rings. The summed E-state index contributed by atoms with van der Waals surface area (Å²) in [5, 5.41) is 0. The number of nitrogens with zero attached hydrogens (tertiary/aromatic N) is 1. The Hall–Kier alpha value is -1.62. The minimum Gasteiger partial charge on any atom is -0.484 e. The monoisotopic (exact) mass is 264 g/mol. The number of hydrogen-bond acceptors (Lipinski definition) is 3. The summed E-state index contributed by atoms with van der Waals surface area (Å²) in [5.74, 6) is 0.799. The molecule has 0 atom stereocenters. The van der Waals surface area contributed by atoms with Crippen LogP contribution in [0.3, 0.4) is 0 Å². The highest BCUT2D eigenvalue weighted by atomic mass is 32.1. The molecule has 0 aromatic heterocycles. The fraction of sp³-hybridized carbons (Fsp3) is 0.385. The second-order valence-corrected chi connectivity index (χ2v) is 4.75. The Bertz CT molecular complexity index is 462. The van der Waals surface area contributed by atoms with Crippen LogP contribution < -0.4 is 15.4 Å². The van der Waals surface area contributed by atoms with Gasteiger partial charge in [-0.2, -0.15) is 0 Å². The van der Waals surface area contributed by atoms with Gasteiger partial charge in [0.15, 0.2) is 0 Å². The van der Waals surface area contributed by atoms with Crippen molar-refractivity contribution in [3.05, 3.63) is 24.3 Å². The predicted octanol–water partition coefficient (Wildman–Crippen LogP) is 1.87. The van der Waals surface area contributed by atoms with Crippen LogP contribution >= 0.6 is 12.2 Å². The third-order valence-electron chi connectivity index (χ3n) is 2.85. The molecule has 1 fully saturated rings. The molecular weight excluding hydrogens is 248 g/mol. The quantitative estimate of drug-likeness (QED) is 0.843. The van der Waals surface area contributed by atoms with E-state index in [4.69, 9.17) is 22.7 Å². The number of carbonyl (C=O) groups excluding carboxylic acids is 1. The number of thiocarbonyl (C=S) groups is 1. The Morgan fingerprint density at radius 3 is 2.89 bits per heavy atom. The van der Waals surface area contributed by atoms with Gasteiger partial charge < -0.3 is 15.4 Å². The van der Waals surface area contributed by atoms with Gasteiger partial charge in [0.05, 0.1) is 5.69 Å². The molecule has 2 N–H and O–H groups in total. The Morgan fingerprint density at radius 1 is 1.39 bits per heavy atom. The fourth-order valence-corrected chi connectivity index (χ4v) is 2.07. The first-order valence-electron chi connectivity index (χ1n) is 5.99. The average Bonchev–Trinajstić information content (AvgIpc) is 2.37. The van der Waals surface area contributed by atoms with Gasteiger partial charge in [0.25, 0.3) is 0 Å². The number of piperidine rings is 1. The SMILES string of the molecule is NC(=S)COc1ccccc1N1CCCCC1=O.